The van der Waals surface area contributed by atoms with Crippen molar-refractivity contribution in [1.82, 2.24) is 9.47 Å². The van der Waals surface area contributed by atoms with Crippen LogP contribution in [0, 0.1) is 13.8 Å². The minimum Gasteiger partial charge on any atom is -0.383 e. The summed E-state index contributed by atoms with van der Waals surface area (Å²) in [7, 11) is -1.51. The Kier molecular flexibility index (Phi) is 6.31. The Labute approximate surface area is 174 Å². The Morgan fingerprint density at radius 3 is 2.68 bits per heavy atom. The lowest BCUT2D eigenvalue weighted by Gasteiger charge is -2.28. The van der Waals surface area contributed by atoms with Gasteiger partial charge in [0.1, 0.15) is 0 Å². The molecule has 8 heteroatoms. The maximum atomic E-state index is 13.4. The molecule has 1 aromatic carbocycles. The average molecular weight is 469 g/mol. The highest BCUT2D eigenvalue weighted by Gasteiger charge is 2.35. The standard InChI is InChI=1S/C20H25BrN2O4S/c1-14-11-19(15(2)23(14)17-6-4-5-16(21)12-17)20(24)22(8-9-27-3)18-7-10-28(25,26)13-18/h4-6,11-12,18H,7-10,13H2,1-3H3. The molecule has 0 spiro atoms. The number of ether oxygens (including phenoxy) is 1. The molecular weight excluding hydrogens is 444 g/mol. The number of nitrogens with zero attached hydrogens (tertiary/aromatic N) is 2. The Bertz CT molecular complexity index is 984. The van der Waals surface area contributed by atoms with Crippen LogP contribution in [0.1, 0.15) is 28.2 Å². The number of carbonyl (C=O) groups excluding carboxylic acids is 1. The zero-order valence-electron chi connectivity index (χ0n) is 16.3. The molecule has 0 radical (unpaired) electrons. The van der Waals surface area contributed by atoms with E-state index in [1.807, 2.05) is 48.7 Å². The van der Waals surface area contributed by atoms with Gasteiger partial charge in [0, 0.05) is 41.2 Å². The van der Waals surface area contributed by atoms with Crippen LogP contribution in [0.4, 0.5) is 0 Å². The summed E-state index contributed by atoms with van der Waals surface area (Å²) < 4.78 is 32.0. The van der Waals surface area contributed by atoms with E-state index in [0.29, 0.717) is 25.1 Å². The summed E-state index contributed by atoms with van der Waals surface area (Å²) in [5, 5.41) is 0. The number of aryl methyl sites for hydroxylation is 1. The largest absolute Gasteiger partial charge is 0.383 e. The van der Waals surface area contributed by atoms with Crippen LogP contribution in [0.2, 0.25) is 0 Å². The number of carbonyl (C=O) groups is 1. The molecule has 0 N–H and O–H groups in total. The minimum atomic E-state index is -3.09. The van der Waals surface area contributed by atoms with Gasteiger partial charge in [0.15, 0.2) is 9.84 Å². The van der Waals surface area contributed by atoms with E-state index in [9.17, 15) is 13.2 Å². The normalized spacial score (nSPS) is 18.4. The van der Waals surface area contributed by atoms with Gasteiger partial charge in [-0.3, -0.25) is 4.79 Å². The van der Waals surface area contributed by atoms with E-state index in [0.717, 1.165) is 21.5 Å². The van der Waals surface area contributed by atoms with Crippen LogP contribution < -0.4 is 0 Å². The Hall–Kier alpha value is -1.64. The van der Waals surface area contributed by atoms with E-state index in [1.54, 1.807) is 12.0 Å². The highest BCUT2D eigenvalue weighted by Crippen LogP contribution is 2.26. The van der Waals surface area contributed by atoms with E-state index < -0.39 is 9.84 Å². The molecule has 0 saturated carbocycles. The van der Waals surface area contributed by atoms with E-state index in [2.05, 4.69) is 15.9 Å². The van der Waals surface area contributed by atoms with Gasteiger partial charge in [-0.25, -0.2) is 8.42 Å². The zero-order chi connectivity index (χ0) is 20.5. The van der Waals surface area contributed by atoms with Gasteiger partial charge in [0.25, 0.3) is 5.91 Å². The van der Waals surface area contributed by atoms with Gasteiger partial charge < -0.3 is 14.2 Å². The maximum absolute atomic E-state index is 13.4. The van der Waals surface area contributed by atoms with Crippen molar-refractivity contribution in [3.63, 3.8) is 0 Å². The predicted octanol–water partition coefficient (Wildman–Crippen LogP) is 3.13. The Morgan fingerprint density at radius 2 is 2.07 bits per heavy atom. The van der Waals surface area contributed by atoms with Gasteiger partial charge in [0.2, 0.25) is 0 Å². The average Bonchev–Trinajstić information content (AvgIpc) is 3.13. The number of benzene rings is 1. The lowest BCUT2D eigenvalue weighted by Crippen LogP contribution is -2.43. The fraction of sp³-hybridized carbons (Fsp3) is 0.450. The number of halogens is 1. The quantitative estimate of drug-likeness (QED) is 0.652. The van der Waals surface area contributed by atoms with Crippen LogP contribution in [0.5, 0.6) is 0 Å². The molecule has 1 aromatic heterocycles. The van der Waals surface area contributed by atoms with Crippen LogP contribution in [-0.2, 0) is 14.6 Å². The topological polar surface area (TPSA) is 68.6 Å². The molecule has 1 amide bonds. The van der Waals surface area contributed by atoms with Crippen LogP contribution in [0.15, 0.2) is 34.8 Å². The van der Waals surface area contributed by atoms with E-state index in [4.69, 9.17) is 4.74 Å². The lowest BCUT2D eigenvalue weighted by molar-refractivity contribution is 0.0623. The molecule has 2 aromatic rings. The number of sulfone groups is 1. The molecule has 1 fully saturated rings. The number of amides is 1. The van der Waals surface area contributed by atoms with Gasteiger partial charge >= 0.3 is 0 Å². The van der Waals surface area contributed by atoms with Gasteiger partial charge in [-0.2, -0.15) is 0 Å². The fourth-order valence-electron chi connectivity index (χ4n) is 3.81. The molecule has 0 aliphatic carbocycles. The van der Waals surface area contributed by atoms with Crippen LogP contribution in [0.25, 0.3) is 5.69 Å². The SMILES string of the molecule is COCCN(C(=O)c1cc(C)n(-c2cccc(Br)c2)c1C)C1CCS(=O)(=O)C1. The van der Waals surface area contributed by atoms with Crippen LogP contribution >= 0.6 is 15.9 Å². The van der Waals surface area contributed by atoms with Crippen molar-refractivity contribution in [2.75, 3.05) is 31.8 Å². The molecule has 1 atom stereocenters. The third-order valence-electron chi connectivity index (χ3n) is 5.17. The van der Waals surface area contributed by atoms with Crippen molar-refractivity contribution < 1.29 is 17.9 Å². The highest BCUT2D eigenvalue weighted by atomic mass is 79.9. The van der Waals surface area contributed by atoms with Gasteiger partial charge in [0.05, 0.1) is 23.7 Å². The summed E-state index contributed by atoms with van der Waals surface area (Å²) in [4.78, 5) is 15.1. The van der Waals surface area contributed by atoms with Crippen LogP contribution in [0.3, 0.4) is 0 Å². The van der Waals surface area contributed by atoms with Crippen molar-refractivity contribution in [3.8, 4) is 5.69 Å². The van der Waals surface area contributed by atoms with Crippen molar-refractivity contribution in [3.05, 3.63) is 51.8 Å². The summed E-state index contributed by atoms with van der Waals surface area (Å²) in [6, 6.07) is 9.47. The number of hydrogen-bond acceptors (Lipinski definition) is 4. The molecule has 0 bridgehead atoms. The molecule has 1 unspecified atom stereocenters. The van der Waals surface area contributed by atoms with Crippen molar-refractivity contribution >= 4 is 31.7 Å². The molecule has 2 heterocycles. The smallest absolute Gasteiger partial charge is 0.256 e. The molecule has 3 rings (SSSR count). The Morgan fingerprint density at radius 1 is 1.32 bits per heavy atom. The number of methoxy groups -OCH3 is 1. The summed E-state index contributed by atoms with van der Waals surface area (Å²) in [5.74, 6) is 0.00620. The minimum absolute atomic E-state index is 0.0207. The first-order valence-electron chi connectivity index (χ1n) is 9.18. The van der Waals surface area contributed by atoms with Gasteiger partial charge in [-0.1, -0.05) is 22.0 Å². The molecule has 6 nitrogen and oxygen atoms in total. The molecule has 1 aliphatic heterocycles. The number of aromatic nitrogens is 1. The second-order valence-electron chi connectivity index (χ2n) is 7.15. The Balaban J connectivity index is 1.96. The third-order valence-corrected chi connectivity index (χ3v) is 7.42. The predicted molar refractivity (Wildman–Crippen MR) is 113 cm³/mol. The molecule has 1 saturated heterocycles. The second kappa shape index (κ2) is 8.39. The monoisotopic (exact) mass is 468 g/mol. The fourth-order valence-corrected chi connectivity index (χ4v) is 5.93. The first kappa shape index (κ1) is 21.1. The number of rotatable bonds is 6. The lowest BCUT2D eigenvalue weighted by atomic mass is 10.1. The van der Waals surface area contributed by atoms with Crippen molar-refractivity contribution in [1.29, 1.82) is 0 Å². The van der Waals surface area contributed by atoms with Crippen molar-refractivity contribution in [2.45, 2.75) is 26.3 Å². The first-order chi connectivity index (χ1) is 13.2. The summed E-state index contributed by atoms with van der Waals surface area (Å²) >= 11 is 3.49. The molecule has 28 heavy (non-hydrogen) atoms. The molecular formula is C20H25BrN2O4S. The summed E-state index contributed by atoms with van der Waals surface area (Å²) in [6.07, 6.45) is 0.474. The van der Waals surface area contributed by atoms with Crippen LogP contribution in [-0.4, -0.2) is 61.6 Å². The van der Waals surface area contributed by atoms with E-state index in [-0.39, 0.29) is 23.5 Å². The number of hydrogen-bond donors (Lipinski definition) is 0. The van der Waals surface area contributed by atoms with Gasteiger partial charge in [-0.15, -0.1) is 0 Å². The third kappa shape index (κ3) is 4.34. The van der Waals surface area contributed by atoms with E-state index in [1.165, 1.54) is 0 Å². The second-order valence-corrected chi connectivity index (χ2v) is 10.3. The van der Waals surface area contributed by atoms with Crippen molar-refractivity contribution in [2.24, 2.45) is 0 Å². The highest BCUT2D eigenvalue weighted by molar-refractivity contribution is 9.10. The zero-order valence-corrected chi connectivity index (χ0v) is 18.7. The first-order valence-corrected chi connectivity index (χ1v) is 11.8. The maximum Gasteiger partial charge on any atom is 0.256 e. The summed E-state index contributed by atoms with van der Waals surface area (Å²) in [6.45, 7) is 4.62. The molecule has 152 valence electrons. The molecule has 1 aliphatic rings. The summed E-state index contributed by atoms with van der Waals surface area (Å²) in [5.41, 5.74) is 3.35. The van der Waals surface area contributed by atoms with Gasteiger partial charge in [-0.05, 0) is 44.5 Å². The van der Waals surface area contributed by atoms with E-state index >= 15 is 0 Å².